The van der Waals surface area contributed by atoms with Gasteiger partial charge in [-0.1, -0.05) is 45.0 Å². The zero-order valence-electron chi connectivity index (χ0n) is 20.8. The van der Waals surface area contributed by atoms with E-state index in [1.54, 1.807) is 4.90 Å². The monoisotopic (exact) mass is 439 g/mol. The van der Waals surface area contributed by atoms with E-state index in [1.165, 1.54) is 11.1 Å². The van der Waals surface area contributed by atoms with Crippen molar-refractivity contribution in [3.63, 3.8) is 0 Å². The van der Waals surface area contributed by atoms with Crippen LogP contribution >= 0.6 is 0 Å². The van der Waals surface area contributed by atoms with Crippen LogP contribution in [0.4, 0.5) is 0 Å². The van der Waals surface area contributed by atoms with Crippen LogP contribution in [0.5, 0.6) is 0 Å². The molecule has 176 valence electrons. The third kappa shape index (κ3) is 6.72. The van der Waals surface area contributed by atoms with Crippen molar-refractivity contribution in [3.8, 4) is 0 Å². The van der Waals surface area contributed by atoms with Gasteiger partial charge < -0.3 is 14.4 Å². The van der Waals surface area contributed by atoms with Gasteiger partial charge in [0, 0.05) is 36.9 Å². The summed E-state index contributed by atoms with van der Waals surface area (Å²) in [6.45, 7) is 13.9. The predicted octanol–water partition coefficient (Wildman–Crippen LogP) is 5.40. The molecule has 2 atom stereocenters. The molecule has 0 saturated heterocycles. The number of hydrogen-bond acceptors (Lipinski definition) is 2. The SMILES string of the molecule is CCCC(=O)N(CC(=O)N(Cc1cccn1Cc1ccccc1C)[C@@H](C)CC)[C@H](C)CC. The lowest BCUT2D eigenvalue weighted by Crippen LogP contribution is -2.48. The Bertz CT molecular complexity index is 873. The van der Waals surface area contributed by atoms with Crippen molar-refractivity contribution >= 4 is 11.8 Å². The third-order valence-corrected chi connectivity index (χ3v) is 6.51. The van der Waals surface area contributed by atoms with Gasteiger partial charge in [-0.3, -0.25) is 9.59 Å². The molecule has 0 aliphatic heterocycles. The van der Waals surface area contributed by atoms with Gasteiger partial charge in [0.25, 0.3) is 0 Å². The van der Waals surface area contributed by atoms with E-state index < -0.39 is 0 Å². The topological polar surface area (TPSA) is 45.6 Å². The van der Waals surface area contributed by atoms with E-state index in [4.69, 9.17) is 0 Å². The maximum Gasteiger partial charge on any atom is 0.242 e. The molecule has 1 aromatic carbocycles. The van der Waals surface area contributed by atoms with E-state index in [0.29, 0.717) is 13.0 Å². The minimum atomic E-state index is 0.0211. The number of nitrogens with zero attached hydrogens (tertiary/aromatic N) is 3. The molecule has 1 aromatic heterocycles. The Kier molecular flexibility index (Phi) is 10.0. The van der Waals surface area contributed by atoms with Gasteiger partial charge in [0.05, 0.1) is 6.54 Å². The van der Waals surface area contributed by atoms with Crippen molar-refractivity contribution in [1.82, 2.24) is 14.4 Å². The highest BCUT2D eigenvalue weighted by Gasteiger charge is 2.26. The molecule has 2 amide bonds. The van der Waals surface area contributed by atoms with Gasteiger partial charge >= 0.3 is 0 Å². The van der Waals surface area contributed by atoms with Crippen molar-refractivity contribution in [3.05, 3.63) is 59.4 Å². The predicted molar refractivity (Wildman–Crippen MR) is 131 cm³/mol. The van der Waals surface area contributed by atoms with Crippen molar-refractivity contribution < 1.29 is 9.59 Å². The van der Waals surface area contributed by atoms with Crippen molar-refractivity contribution in [1.29, 1.82) is 0 Å². The van der Waals surface area contributed by atoms with Gasteiger partial charge in [-0.2, -0.15) is 0 Å². The maximum atomic E-state index is 13.5. The van der Waals surface area contributed by atoms with Crippen molar-refractivity contribution in [2.45, 2.75) is 92.4 Å². The third-order valence-electron chi connectivity index (χ3n) is 6.51. The normalized spacial score (nSPS) is 12.9. The number of aryl methyl sites for hydroxylation is 1. The average Bonchev–Trinajstić information content (AvgIpc) is 3.22. The molecule has 0 saturated carbocycles. The van der Waals surface area contributed by atoms with Gasteiger partial charge in [-0.25, -0.2) is 0 Å². The van der Waals surface area contributed by atoms with E-state index in [-0.39, 0.29) is 30.4 Å². The molecule has 2 aromatic rings. The highest BCUT2D eigenvalue weighted by Crippen LogP contribution is 2.17. The largest absolute Gasteiger partial charge is 0.345 e. The molecule has 1 heterocycles. The second-order valence-corrected chi connectivity index (χ2v) is 8.86. The summed E-state index contributed by atoms with van der Waals surface area (Å²) in [5.74, 6) is 0.0926. The Hall–Kier alpha value is -2.56. The van der Waals surface area contributed by atoms with Crippen molar-refractivity contribution in [2.24, 2.45) is 0 Å². The number of amides is 2. The molecule has 2 rings (SSSR count). The minimum absolute atomic E-state index is 0.0211. The second kappa shape index (κ2) is 12.5. The van der Waals surface area contributed by atoms with Gasteiger partial charge in [0.1, 0.15) is 6.54 Å². The molecular formula is C27H41N3O2. The summed E-state index contributed by atoms with van der Waals surface area (Å²) in [7, 11) is 0. The first-order chi connectivity index (χ1) is 15.3. The lowest BCUT2D eigenvalue weighted by molar-refractivity contribution is -0.144. The number of carbonyl (C=O) groups excluding carboxylic acids is 2. The van der Waals surface area contributed by atoms with Gasteiger partial charge in [-0.15, -0.1) is 0 Å². The summed E-state index contributed by atoms with van der Waals surface area (Å²) in [6, 6.07) is 12.7. The number of carbonyl (C=O) groups is 2. The van der Waals surface area contributed by atoms with Gasteiger partial charge in [0.2, 0.25) is 11.8 Å². The quantitative estimate of drug-likeness (QED) is 0.444. The van der Waals surface area contributed by atoms with Crippen LogP contribution in [0.3, 0.4) is 0 Å². The van der Waals surface area contributed by atoms with Gasteiger partial charge in [-0.05, 0) is 63.3 Å². The van der Waals surface area contributed by atoms with Crippen LogP contribution in [-0.4, -0.2) is 44.8 Å². The fourth-order valence-electron chi connectivity index (χ4n) is 3.91. The highest BCUT2D eigenvalue weighted by molar-refractivity contribution is 5.85. The molecule has 0 N–H and O–H groups in total. The molecule has 5 nitrogen and oxygen atoms in total. The number of aromatic nitrogens is 1. The zero-order valence-corrected chi connectivity index (χ0v) is 20.8. The first kappa shape index (κ1) is 25.7. The Balaban J connectivity index is 2.22. The lowest BCUT2D eigenvalue weighted by atomic mass is 10.1. The summed E-state index contributed by atoms with van der Waals surface area (Å²) in [4.78, 5) is 29.9. The van der Waals surface area contributed by atoms with E-state index in [0.717, 1.165) is 31.5 Å². The fraction of sp³-hybridized carbons (Fsp3) is 0.556. The number of benzene rings is 1. The van der Waals surface area contributed by atoms with Crippen molar-refractivity contribution in [2.75, 3.05) is 6.54 Å². The van der Waals surface area contributed by atoms with E-state index in [1.807, 2.05) is 24.8 Å². The average molecular weight is 440 g/mol. The van der Waals surface area contributed by atoms with Crippen LogP contribution in [0.1, 0.15) is 77.1 Å². The van der Waals surface area contributed by atoms with E-state index >= 15 is 0 Å². The Morgan fingerprint density at radius 3 is 2.19 bits per heavy atom. The van der Waals surface area contributed by atoms with Gasteiger partial charge in [0.15, 0.2) is 0 Å². The minimum Gasteiger partial charge on any atom is -0.345 e. The molecular weight excluding hydrogens is 398 g/mol. The second-order valence-electron chi connectivity index (χ2n) is 8.86. The molecule has 0 spiro atoms. The Labute approximate surface area is 194 Å². The highest BCUT2D eigenvalue weighted by atomic mass is 16.2. The van der Waals surface area contributed by atoms with Crippen LogP contribution in [0, 0.1) is 6.92 Å². The standard InChI is InChI=1S/C27H41N3O2/c1-7-13-26(31)30(23(6)9-3)20-27(32)29(22(5)8-2)19-25-16-12-17-28(25)18-24-15-11-10-14-21(24)4/h10-12,14-17,22-23H,7-9,13,18-20H2,1-6H3/t22-,23+/m0/s1. The number of hydrogen-bond donors (Lipinski definition) is 0. The summed E-state index contributed by atoms with van der Waals surface area (Å²) in [6.07, 6.45) is 5.07. The first-order valence-electron chi connectivity index (χ1n) is 12.1. The smallest absolute Gasteiger partial charge is 0.242 e. The van der Waals surface area contributed by atoms with Crippen LogP contribution in [0.25, 0.3) is 0 Å². The zero-order chi connectivity index (χ0) is 23.7. The Morgan fingerprint density at radius 1 is 0.906 bits per heavy atom. The molecule has 0 unspecified atom stereocenters. The fourth-order valence-corrected chi connectivity index (χ4v) is 3.91. The summed E-state index contributed by atoms with van der Waals surface area (Å²) in [5, 5.41) is 0. The first-order valence-corrected chi connectivity index (χ1v) is 12.1. The van der Waals surface area contributed by atoms with E-state index in [2.05, 4.69) is 68.8 Å². The van der Waals surface area contributed by atoms with Crippen LogP contribution in [0.15, 0.2) is 42.6 Å². The molecule has 0 bridgehead atoms. The summed E-state index contributed by atoms with van der Waals surface area (Å²) >= 11 is 0. The molecule has 0 aliphatic rings. The molecule has 0 aliphatic carbocycles. The molecule has 32 heavy (non-hydrogen) atoms. The number of rotatable bonds is 12. The summed E-state index contributed by atoms with van der Waals surface area (Å²) < 4.78 is 2.22. The van der Waals surface area contributed by atoms with Crippen LogP contribution < -0.4 is 0 Å². The maximum absolute atomic E-state index is 13.5. The molecule has 5 heteroatoms. The summed E-state index contributed by atoms with van der Waals surface area (Å²) in [5.41, 5.74) is 3.65. The molecule has 0 fully saturated rings. The molecule has 0 radical (unpaired) electrons. The Morgan fingerprint density at radius 2 is 1.56 bits per heavy atom. The van der Waals surface area contributed by atoms with Crippen LogP contribution in [-0.2, 0) is 22.7 Å². The van der Waals surface area contributed by atoms with Crippen LogP contribution in [0.2, 0.25) is 0 Å². The lowest BCUT2D eigenvalue weighted by Gasteiger charge is -2.34. The van der Waals surface area contributed by atoms with E-state index in [9.17, 15) is 9.59 Å².